The van der Waals surface area contributed by atoms with Gasteiger partial charge in [0.1, 0.15) is 0 Å². The molecule has 0 bridgehead atoms. The summed E-state index contributed by atoms with van der Waals surface area (Å²) in [6.45, 7) is 4.18. The van der Waals surface area contributed by atoms with Crippen LogP contribution in [0.15, 0.2) is 24.3 Å². The third-order valence-electron chi connectivity index (χ3n) is 3.52. The Morgan fingerprint density at radius 3 is 2.79 bits per heavy atom. The maximum atomic E-state index is 12.1. The van der Waals surface area contributed by atoms with E-state index in [1.165, 1.54) is 0 Å². The normalized spacial score (nSPS) is 16.1. The van der Waals surface area contributed by atoms with Gasteiger partial charge in [-0.25, -0.2) is 0 Å². The Bertz CT molecular complexity index is 486. The highest BCUT2D eigenvalue weighted by Crippen LogP contribution is 2.10. The number of likely N-dealkylation sites (tertiary alicyclic amines) is 1. The summed E-state index contributed by atoms with van der Waals surface area (Å²) < 4.78 is 0. The molecule has 4 nitrogen and oxygen atoms in total. The van der Waals surface area contributed by atoms with E-state index in [1.807, 2.05) is 30.0 Å². The Balaban J connectivity index is 1.91. The molecule has 1 aliphatic rings. The van der Waals surface area contributed by atoms with E-state index in [4.69, 9.17) is 5.26 Å². The van der Waals surface area contributed by atoms with Gasteiger partial charge in [0.25, 0.3) is 0 Å². The largest absolute Gasteiger partial charge is 0.341 e. The molecule has 1 atom stereocenters. The van der Waals surface area contributed by atoms with Crippen molar-refractivity contribution in [2.45, 2.75) is 32.4 Å². The Morgan fingerprint density at radius 2 is 2.11 bits per heavy atom. The predicted octanol–water partition coefficient (Wildman–Crippen LogP) is 1.66. The lowest BCUT2D eigenvalue weighted by Gasteiger charge is -2.21. The number of rotatable bonds is 4. The van der Waals surface area contributed by atoms with Crippen LogP contribution >= 0.6 is 0 Å². The number of hydrogen-bond acceptors (Lipinski definition) is 3. The van der Waals surface area contributed by atoms with Crippen LogP contribution in [0.25, 0.3) is 0 Å². The average Bonchev–Trinajstić information content (AvgIpc) is 2.98. The number of hydrogen-bond donors (Lipinski definition) is 1. The topological polar surface area (TPSA) is 56.1 Å². The Kier molecular flexibility index (Phi) is 4.53. The molecule has 0 radical (unpaired) electrons. The van der Waals surface area contributed by atoms with Crippen LogP contribution < -0.4 is 5.32 Å². The number of carbonyl (C=O) groups is 1. The lowest BCUT2D eigenvalue weighted by Crippen LogP contribution is -2.43. The molecule has 0 aromatic heterocycles. The van der Waals surface area contributed by atoms with Gasteiger partial charge in [-0.2, -0.15) is 5.26 Å². The average molecular weight is 257 g/mol. The molecule has 1 fully saturated rings. The molecule has 100 valence electrons. The zero-order valence-electron chi connectivity index (χ0n) is 11.2. The van der Waals surface area contributed by atoms with Crippen LogP contribution in [0.5, 0.6) is 0 Å². The van der Waals surface area contributed by atoms with Gasteiger partial charge in [0.2, 0.25) is 5.91 Å². The van der Waals surface area contributed by atoms with Crippen molar-refractivity contribution in [3.05, 3.63) is 35.4 Å². The van der Waals surface area contributed by atoms with Gasteiger partial charge in [-0.3, -0.25) is 4.79 Å². The summed E-state index contributed by atoms with van der Waals surface area (Å²) in [5.74, 6) is 0.159. The molecule has 2 rings (SSSR count). The summed E-state index contributed by atoms with van der Waals surface area (Å²) in [6.07, 6.45) is 2.21. The summed E-state index contributed by atoms with van der Waals surface area (Å²) in [5.41, 5.74) is 1.60. The van der Waals surface area contributed by atoms with Crippen molar-refractivity contribution in [1.29, 1.82) is 5.26 Å². The Morgan fingerprint density at radius 1 is 1.42 bits per heavy atom. The van der Waals surface area contributed by atoms with Crippen LogP contribution in [0.2, 0.25) is 0 Å². The van der Waals surface area contributed by atoms with Crippen molar-refractivity contribution < 1.29 is 4.79 Å². The van der Waals surface area contributed by atoms with Crippen molar-refractivity contribution in [2.75, 3.05) is 13.1 Å². The van der Waals surface area contributed by atoms with Gasteiger partial charge in [0.15, 0.2) is 0 Å². The highest BCUT2D eigenvalue weighted by atomic mass is 16.2. The third-order valence-corrected chi connectivity index (χ3v) is 3.52. The van der Waals surface area contributed by atoms with Gasteiger partial charge in [0.05, 0.1) is 17.7 Å². The van der Waals surface area contributed by atoms with E-state index in [0.29, 0.717) is 12.1 Å². The van der Waals surface area contributed by atoms with Crippen molar-refractivity contribution in [1.82, 2.24) is 10.2 Å². The highest BCUT2D eigenvalue weighted by molar-refractivity contribution is 5.81. The van der Waals surface area contributed by atoms with Crippen LogP contribution in [-0.4, -0.2) is 29.9 Å². The minimum atomic E-state index is -0.204. The van der Waals surface area contributed by atoms with Crippen molar-refractivity contribution >= 4 is 5.91 Å². The maximum absolute atomic E-state index is 12.1. The molecule has 1 unspecified atom stereocenters. The van der Waals surface area contributed by atoms with Gasteiger partial charge < -0.3 is 10.2 Å². The highest BCUT2D eigenvalue weighted by Gasteiger charge is 2.22. The molecule has 19 heavy (non-hydrogen) atoms. The van der Waals surface area contributed by atoms with Crippen LogP contribution in [0.4, 0.5) is 0 Å². The summed E-state index contributed by atoms with van der Waals surface area (Å²) >= 11 is 0. The monoisotopic (exact) mass is 257 g/mol. The summed E-state index contributed by atoms with van der Waals surface area (Å²) in [7, 11) is 0. The second kappa shape index (κ2) is 6.35. The van der Waals surface area contributed by atoms with Gasteiger partial charge in [-0.1, -0.05) is 18.2 Å². The Labute approximate surface area is 114 Å². The fourth-order valence-electron chi connectivity index (χ4n) is 2.35. The molecule has 1 amide bonds. The fourth-order valence-corrected chi connectivity index (χ4v) is 2.35. The van der Waals surface area contributed by atoms with Crippen molar-refractivity contribution in [3.8, 4) is 6.07 Å². The minimum Gasteiger partial charge on any atom is -0.341 e. The number of amides is 1. The molecule has 1 heterocycles. The molecule has 0 saturated carbocycles. The van der Waals surface area contributed by atoms with Crippen LogP contribution in [-0.2, 0) is 11.3 Å². The number of carbonyl (C=O) groups excluding carboxylic acids is 1. The number of nitriles is 1. The first-order valence-corrected chi connectivity index (χ1v) is 6.72. The molecule has 1 aromatic carbocycles. The maximum Gasteiger partial charge on any atom is 0.239 e. The van der Waals surface area contributed by atoms with Crippen LogP contribution in [0.3, 0.4) is 0 Å². The molecule has 4 heteroatoms. The number of nitrogens with one attached hydrogen (secondary N) is 1. The molecule has 1 N–H and O–H groups in total. The zero-order valence-corrected chi connectivity index (χ0v) is 11.2. The van der Waals surface area contributed by atoms with Crippen LogP contribution in [0.1, 0.15) is 30.9 Å². The van der Waals surface area contributed by atoms with E-state index in [-0.39, 0.29) is 11.9 Å². The molecular formula is C15H19N3O. The third kappa shape index (κ3) is 3.33. The quantitative estimate of drug-likeness (QED) is 0.892. The lowest BCUT2D eigenvalue weighted by molar-refractivity contribution is -0.131. The van der Waals surface area contributed by atoms with E-state index >= 15 is 0 Å². The molecule has 0 spiro atoms. The SMILES string of the molecule is CC(NCc1ccccc1C#N)C(=O)N1CCCC1. The standard InChI is InChI=1S/C15H19N3O/c1-12(15(19)18-8-4-5-9-18)17-11-14-7-3-2-6-13(14)10-16/h2-3,6-7,12,17H,4-5,8-9,11H2,1H3. The molecule has 1 saturated heterocycles. The molecule has 0 aliphatic carbocycles. The second-order valence-corrected chi connectivity index (χ2v) is 4.90. The molecular weight excluding hydrogens is 238 g/mol. The zero-order chi connectivity index (χ0) is 13.7. The van der Waals surface area contributed by atoms with Crippen molar-refractivity contribution in [2.24, 2.45) is 0 Å². The summed E-state index contributed by atoms with van der Waals surface area (Å²) in [6, 6.07) is 9.43. The predicted molar refractivity (Wildman–Crippen MR) is 73.3 cm³/mol. The van der Waals surface area contributed by atoms with Gasteiger partial charge in [-0.05, 0) is 31.4 Å². The smallest absolute Gasteiger partial charge is 0.239 e. The van der Waals surface area contributed by atoms with Gasteiger partial charge in [0, 0.05) is 19.6 Å². The summed E-state index contributed by atoms with van der Waals surface area (Å²) in [5, 5.41) is 12.2. The van der Waals surface area contributed by atoms with E-state index in [9.17, 15) is 4.79 Å². The first-order chi connectivity index (χ1) is 9.22. The lowest BCUT2D eigenvalue weighted by atomic mass is 10.1. The van der Waals surface area contributed by atoms with Crippen molar-refractivity contribution in [3.63, 3.8) is 0 Å². The van der Waals surface area contributed by atoms with E-state index in [1.54, 1.807) is 6.07 Å². The van der Waals surface area contributed by atoms with Crippen LogP contribution in [0, 0.1) is 11.3 Å². The first kappa shape index (κ1) is 13.6. The molecule has 1 aliphatic heterocycles. The van der Waals surface area contributed by atoms with E-state index < -0.39 is 0 Å². The van der Waals surface area contributed by atoms with Gasteiger partial charge in [-0.15, -0.1) is 0 Å². The minimum absolute atomic E-state index is 0.159. The second-order valence-electron chi connectivity index (χ2n) is 4.90. The molecule has 1 aromatic rings. The van der Waals surface area contributed by atoms with E-state index in [2.05, 4.69) is 11.4 Å². The summed E-state index contributed by atoms with van der Waals surface area (Å²) in [4.78, 5) is 14.0. The van der Waals surface area contributed by atoms with Gasteiger partial charge >= 0.3 is 0 Å². The Hall–Kier alpha value is -1.86. The first-order valence-electron chi connectivity index (χ1n) is 6.72. The number of benzene rings is 1. The van der Waals surface area contributed by atoms with E-state index in [0.717, 1.165) is 31.5 Å². The fraction of sp³-hybridized carbons (Fsp3) is 0.467. The number of nitrogens with zero attached hydrogens (tertiary/aromatic N) is 2.